The van der Waals surface area contributed by atoms with Crippen LogP contribution in [0.5, 0.6) is 0 Å². The van der Waals surface area contributed by atoms with Gasteiger partial charge in [-0.1, -0.05) is 29.4 Å². The molecule has 14 heavy (non-hydrogen) atoms. The fourth-order valence-electron chi connectivity index (χ4n) is 1.79. The zero-order valence-corrected chi connectivity index (χ0v) is 8.10. The molecule has 0 aromatic heterocycles. The number of ether oxygens (including phenoxy) is 1. The fraction of sp³-hybridized carbons (Fsp3) is 0.364. The summed E-state index contributed by atoms with van der Waals surface area (Å²) in [6, 6.07) is 8.11. The van der Waals surface area contributed by atoms with Gasteiger partial charge in [0.1, 0.15) is 6.10 Å². The minimum Gasteiger partial charge on any atom is -0.411 e. The second-order valence-electron chi connectivity index (χ2n) is 3.44. The van der Waals surface area contributed by atoms with Crippen molar-refractivity contribution in [1.82, 2.24) is 0 Å². The number of oxime groups is 1. The Morgan fingerprint density at radius 2 is 2.29 bits per heavy atom. The highest BCUT2D eigenvalue weighted by Gasteiger charge is 2.22. The third-order valence-electron chi connectivity index (χ3n) is 2.53. The Bertz CT molecular complexity index is 360. The van der Waals surface area contributed by atoms with E-state index in [4.69, 9.17) is 9.94 Å². The van der Waals surface area contributed by atoms with E-state index >= 15 is 0 Å². The molecule has 1 heterocycles. The second kappa shape index (κ2) is 3.80. The lowest BCUT2D eigenvalue weighted by molar-refractivity contribution is 0.0848. The maximum absolute atomic E-state index is 8.72. The van der Waals surface area contributed by atoms with E-state index in [1.165, 1.54) is 5.56 Å². The molecule has 3 nitrogen and oxygen atoms in total. The van der Waals surface area contributed by atoms with Crippen molar-refractivity contribution in [2.45, 2.75) is 19.4 Å². The molecular weight excluding hydrogens is 178 g/mol. The SMILES string of the molecule is C/C(=N\O)C1OCCc2ccccc21. The molecule has 0 saturated heterocycles. The number of hydrogen-bond donors (Lipinski definition) is 1. The van der Waals surface area contributed by atoms with Gasteiger partial charge in [-0.2, -0.15) is 0 Å². The van der Waals surface area contributed by atoms with Crippen LogP contribution in [0.25, 0.3) is 0 Å². The van der Waals surface area contributed by atoms with Gasteiger partial charge in [-0.05, 0) is 24.5 Å². The van der Waals surface area contributed by atoms with Gasteiger partial charge in [0.05, 0.1) is 12.3 Å². The van der Waals surface area contributed by atoms with Crippen molar-refractivity contribution in [3.63, 3.8) is 0 Å². The number of fused-ring (bicyclic) bond motifs is 1. The van der Waals surface area contributed by atoms with Gasteiger partial charge in [0.2, 0.25) is 0 Å². The molecule has 0 spiro atoms. The van der Waals surface area contributed by atoms with Gasteiger partial charge in [-0.3, -0.25) is 0 Å². The molecule has 1 aliphatic heterocycles. The van der Waals surface area contributed by atoms with E-state index in [2.05, 4.69) is 11.2 Å². The molecule has 74 valence electrons. The zero-order chi connectivity index (χ0) is 9.97. The Balaban J connectivity index is 2.40. The summed E-state index contributed by atoms with van der Waals surface area (Å²) in [5.74, 6) is 0. The van der Waals surface area contributed by atoms with Crippen LogP contribution in [0.3, 0.4) is 0 Å². The van der Waals surface area contributed by atoms with Crippen molar-refractivity contribution in [1.29, 1.82) is 0 Å². The van der Waals surface area contributed by atoms with Crippen LogP contribution in [0.15, 0.2) is 29.4 Å². The monoisotopic (exact) mass is 191 g/mol. The average Bonchev–Trinajstić information content (AvgIpc) is 2.27. The summed E-state index contributed by atoms with van der Waals surface area (Å²) in [5.41, 5.74) is 3.01. The summed E-state index contributed by atoms with van der Waals surface area (Å²) in [6.45, 7) is 2.46. The predicted octanol–water partition coefficient (Wildman–Crippen LogP) is 2.15. The molecule has 2 rings (SSSR count). The largest absolute Gasteiger partial charge is 0.411 e. The first kappa shape index (κ1) is 9.21. The third kappa shape index (κ3) is 1.51. The van der Waals surface area contributed by atoms with Gasteiger partial charge in [-0.25, -0.2) is 0 Å². The summed E-state index contributed by atoms with van der Waals surface area (Å²) in [4.78, 5) is 0. The summed E-state index contributed by atoms with van der Waals surface area (Å²) in [6.07, 6.45) is 0.760. The lowest BCUT2D eigenvalue weighted by Gasteiger charge is -2.25. The quantitative estimate of drug-likeness (QED) is 0.420. The molecule has 1 aliphatic rings. The zero-order valence-electron chi connectivity index (χ0n) is 8.10. The minimum atomic E-state index is -0.176. The maximum Gasteiger partial charge on any atom is 0.124 e. The van der Waals surface area contributed by atoms with E-state index in [1.807, 2.05) is 18.2 Å². The molecule has 1 unspecified atom stereocenters. The van der Waals surface area contributed by atoms with E-state index in [1.54, 1.807) is 6.92 Å². The Labute approximate surface area is 83.0 Å². The van der Waals surface area contributed by atoms with Crippen molar-refractivity contribution in [2.24, 2.45) is 5.16 Å². The lowest BCUT2D eigenvalue weighted by atomic mass is 9.95. The van der Waals surface area contributed by atoms with E-state index < -0.39 is 0 Å². The molecular formula is C11H13NO2. The van der Waals surface area contributed by atoms with Gasteiger partial charge < -0.3 is 9.94 Å². The highest BCUT2D eigenvalue weighted by atomic mass is 16.5. The van der Waals surface area contributed by atoms with Crippen molar-refractivity contribution in [3.8, 4) is 0 Å². The van der Waals surface area contributed by atoms with Gasteiger partial charge in [0.15, 0.2) is 0 Å². The Hall–Kier alpha value is -1.35. The lowest BCUT2D eigenvalue weighted by Crippen LogP contribution is -2.21. The predicted molar refractivity (Wildman–Crippen MR) is 53.7 cm³/mol. The van der Waals surface area contributed by atoms with Crippen LogP contribution in [0.4, 0.5) is 0 Å². The van der Waals surface area contributed by atoms with E-state index in [0.717, 1.165) is 12.0 Å². The van der Waals surface area contributed by atoms with Gasteiger partial charge in [0, 0.05) is 0 Å². The number of rotatable bonds is 1. The van der Waals surface area contributed by atoms with E-state index in [0.29, 0.717) is 12.3 Å². The maximum atomic E-state index is 8.72. The normalized spacial score (nSPS) is 21.8. The van der Waals surface area contributed by atoms with Crippen LogP contribution in [-0.2, 0) is 11.2 Å². The van der Waals surface area contributed by atoms with Crippen LogP contribution >= 0.6 is 0 Å². The molecule has 1 N–H and O–H groups in total. The highest BCUT2D eigenvalue weighted by Crippen LogP contribution is 2.27. The molecule has 1 aromatic rings. The average molecular weight is 191 g/mol. The van der Waals surface area contributed by atoms with Crippen molar-refractivity contribution in [2.75, 3.05) is 6.61 Å². The van der Waals surface area contributed by atoms with Gasteiger partial charge in [0.25, 0.3) is 0 Å². The van der Waals surface area contributed by atoms with E-state index in [-0.39, 0.29) is 6.10 Å². The summed E-state index contributed by atoms with van der Waals surface area (Å²) >= 11 is 0. The van der Waals surface area contributed by atoms with Crippen molar-refractivity contribution < 1.29 is 9.94 Å². The summed E-state index contributed by atoms with van der Waals surface area (Å²) < 4.78 is 5.57. The van der Waals surface area contributed by atoms with Gasteiger partial charge >= 0.3 is 0 Å². The van der Waals surface area contributed by atoms with Crippen molar-refractivity contribution in [3.05, 3.63) is 35.4 Å². The molecule has 0 aliphatic carbocycles. The van der Waals surface area contributed by atoms with Crippen molar-refractivity contribution >= 4 is 5.71 Å². The Kier molecular flexibility index (Phi) is 2.50. The number of hydrogen-bond acceptors (Lipinski definition) is 3. The van der Waals surface area contributed by atoms with Crippen LogP contribution in [0.1, 0.15) is 24.2 Å². The molecule has 3 heteroatoms. The minimum absolute atomic E-state index is 0.176. The topological polar surface area (TPSA) is 41.8 Å². The van der Waals surface area contributed by atoms with Gasteiger partial charge in [-0.15, -0.1) is 0 Å². The van der Waals surface area contributed by atoms with E-state index in [9.17, 15) is 0 Å². The highest BCUT2D eigenvalue weighted by molar-refractivity contribution is 5.87. The third-order valence-corrected chi connectivity index (χ3v) is 2.53. The summed E-state index contributed by atoms with van der Waals surface area (Å²) in [5, 5.41) is 11.9. The molecule has 0 saturated carbocycles. The fourth-order valence-corrected chi connectivity index (χ4v) is 1.79. The van der Waals surface area contributed by atoms with Crippen LogP contribution in [0, 0.1) is 0 Å². The molecule has 0 radical (unpaired) electrons. The standard InChI is InChI=1S/C11H13NO2/c1-8(12-13)11-10-5-3-2-4-9(10)6-7-14-11/h2-5,11,13H,6-7H2,1H3/b12-8+. The Morgan fingerprint density at radius 1 is 1.50 bits per heavy atom. The Morgan fingerprint density at radius 3 is 3.07 bits per heavy atom. The van der Waals surface area contributed by atoms with Crippen LogP contribution in [-0.4, -0.2) is 17.5 Å². The molecule has 0 amide bonds. The number of benzene rings is 1. The molecule has 0 fully saturated rings. The smallest absolute Gasteiger partial charge is 0.124 e. The first-order valence-electron chi connectivity index (χ1n) is 4.71. The van der Waals surface area contributed by atoms with Crippen LogP contribution < -0.4 is 0 Å². The molecule has 1 aromatic carbocycles. The van der Waals surface area contributed by atoms with Crippen LogP contribution in [0.2, 0.25) is 0 Å². The first-order chi connectivity index (χ1) is 6.83. The molecule has 0 bridgehead atoms. The number of nitrogens with zero attached hydrogens (tertiary/aromatic N) is 1. The summed E-state index contributed by atoms with van der Waals surface area (Å²) in [7, 11) is 0. The second-order valence-corrected chi connectivity index (χ2v) is 3.44. The first-order valence-corrected chi connectivity index (χ1v) is 4.71. The molecule has 1 atom stereocenters.